The Kier molecular flexibility index (Phi) is 4.35. The molecule has 0 amide bonds. The van der Waals surface area contributed by atoms with Gasteiger partial charge >= 0.3 is 0 Å². The minimum Gasteiger partial charge on any atom is -0.497 e. The Hall–Kier alpha value is -1.13. The number of hydrogen-bond donors (Lipinski definition) is 2. The van der Waals surface area contributed by atoms with Crippen molar-refractivity contribution >= 4 is 0 Å². The number of aromatic nitrogens is 1. The van der Waals surface area contributed by atoms with Gasteiger partial charge in [-0.2, -0.15) is 0 Å². The standard InChI is InChI=1S/C10H16N2O2/c1-14-10-2-4-12-9(7-10)6-8(11)3-5-13/h2,4,7-8,13H,3,5-6,11H2,1H3/t8-/m0/s1. The second-order valence-electron chi connectivity index (χ2n) is 3.16. The van der Waals surface area contributed by atoms with E-state index in [1.165, 1.54) is 0 Å². The van der Waals surface area contributed by atoms with Gasteiger partial charge in [0.1, 0.15) is 5.75 Å². The molecular weight excluding hydrogens is 180 g/mol. The van der Waals surface area contributed by atoms with Crippen molar-refractivity contribution < 1.29 is 9.84 Å². The van der Waals surface area contributed by atoms with E-state index in [-0.39, 0.29) is 12.6 Å². The Balaban J connectivity index is 2.57. The molecule has 1 heterocycles. The van der Waals surface area contributed by atoms with Gasteiger partial charge in [-0.05, 0) is 12.5 Å². The molecule has 1 aromatic heterocycles. The smallest absolute Gasteiger partial charge is 0.122 e. The van der Waals surface area contributed by atoms with Crippen molar-refractivity contribution in [3.8, 4) is 5.75 Å². The van der Waals surface area contributed by atoms with Crippen LogP contribution in [0.15, 0.2) is 18.3 Å². The van der Waals surface area contributed by atoms with Crippen LogP contribution in [0.4, 0.5) is 0 Å². The van der Waals surface area contributed by atoms with Crippen LogP contribution in [0.5, 0.6) is 5.75 Å². The van der Waals surface area contributed by atoms with Crippen LogP contribution in [0.25, 0.3) is 0 Å². The first-order valence-corrected chi connectivity index (χ1v) is 4.61. The summed E-state index contributed by atoms with van der Waals surface area (Å²) in [5.74, 6) is 0.784. The predicted octanol–water partition coefficient (Wildman–Crippen LogP) is 0.342. The van der Waals surface area contributed by atoms with Crippen LogP contribution in [0.1, 0.15) is 12.1 Å². The van der Waals surface area contributed by atoms with Crippen molar-refractivity contribution in [3.05, 3.63) is 24.0 Å². The van der Waals surface area contributed by atoms with Gasteiger partial charge in [0.25, 0.3) is 0 Å². The van der Waals surface area contributed by atoms with Gasteiger partial charge in [-0.15, -0.1) is 0 Å². The van der Waals surface area contributed by atoms with Crippen molar-refractivity contribution in [3.63, 3.8) is 0 Å². The van der Waals surface area contributed by atoms with Gasteiger partial charge in [0, 0.05) is 37.0 Å². The molecule has 4 nitrogen and oxygen atoms in total. The van der Waals surface area contributed by atoms with Gasteiger partial charge in [0.2, 0.25) is 0 Å². The van der Waals surface area contributed by atoms with E-state index in [1.807, 2.05) is 6.07 Å². The lowest BCUT2D eigenvalue weighted by Crippen LogP contribution is -2.24. The number of ether oxygens (including phenoxy) is 1. The van der Waals surface area contributed by atoms with E-state index in [1.54, 1.807) is 19.4 Å². The minimum absolute atomic E-state index is 0.0420. The number of hydrogen-bond acceptors (Lipinski definition) is 4. The summed E-state index contributed by atoms with van der Waals surface area (Å²) < 4.78 is 5.07. The SMILES string of the molecule is COc1ccnc(C[C@@H](N)CCO)c1. The predicted molar refractivity (Wildman–Crippen MR) is 54.2 cm³/mol. The maximum atomic E-state index is 8.69. The summed E-state index contributed by atoms with van der Waals surface area (Å²) in [4.78, 5) is 4.17. The lowest BCUT2D eigenvalue weighted by atomic mass is 10.1. The number of nitrogens with zero attached hydrogens (tertiary/aromatic N) is 1. The molecule has 0 aromatic carbocycles. The summed E-state index contributed by atoms with van der Waals surface area (Å²) in [6, 6.07) is 3.61. The fraction of sp³-hybridized carbons (Fsp3) is 0.500. The molecule has 0 saturated heterocycles. The van der Waals surface area contributed by atoms with E-state index in [0.717, 1.165) is 11.4 Å². The average Bonchev–Trinajstić information content (AvgIpc) is 2.18. The van der Waals surface area contributed by atoms with Crippen molar-refractivity contribution in [1.82, 2.24) is 4.98 Å². The molecule has 0 radical (unpaired) electrons. The first-order chi connectivity index (χ1) is 6.76. The summed E-state index contributed by atoms with van der Waals surface area (Å²) in [7, 11) is 1.62. The average molecular weight is 196 g/mol. The third kappa shape index (κ3) is 3.32. The van der Waals surface area contributed by atoms with E-state index in [0.29, 0.717) is 12.8 Å². The molecule has 0 fully saturated rings. The highest BCUT2D eigenvalue weighted by molar-refractivity contribution is 5.22. The van der Waals surface area contributed by atoms with Gasteiger partial charge in [-0.25, -0.2) is 0 Å². The van der Waals surface area contributed by atoms with Crippen molar-refractivity contribution in [2.45, 2.75) is 18.9 Å². The van der Waals surface area contributed by atoms with Gasteiger partial charge in [-0.1, -0.05) is 0 Å². The monoisotopic (exact) mass is 196 g/mol. The van der Waals surface area contributed by atoms with Crippen LogP contribution in [0, 0.1) is 0 Å². The number of rotatable bonds is 5. The molecule has 0 aliphatic carbocycles. The number of nitrogens with two attached hydrogens (primary N) is 1. The third-order valence-electron chi connectivity index (χ3n) is 1.99. The third-order valence-corrected chi connectivity index (χ3v) is 1.99. The highest BCUT2D eigenvalue weighted by Crippen LogP contribution is 2.11. The summed E-state index contributed by atoms with van der Waals surface area (Å²) in [5, 5.41) is 8.69. The number of pyridine rings is 1. The first-order valence-electron chi connectivity index (χ1n) is 4.61. The lowest BCUT2D eigenvalue weighted by Gasteiger charge is -2.09. The first kappa shape index (κ1) is 10.9. The van der Waals surface area contributed by atoms with E-state index in [2.05, 4.69) is 4.98 Å². The molecule has 0 bridgehead atoms. The topological polar surface area (TPSA) is 68.4 Å². The molecule has 1 atom stereocenters. The molecule has 0 aliphatic heterocycles. The van der Waals surface area contributed by atoms with Crippen LogP contribution >= 0.6 is 0 Å². The minimum atomic E-state index is -0.0420. The fourth-order valence-corrected chi connectivity index (χ4v) is 1.23. The van der Waals surface area contributed by atoms with Crippen molar-refractivity contribution in [2.24, 2.45) is 5.73 Å². The van der Waals surface area contributed by atoms with Gasteiger partial charge in [0.05, 0.1) is 7.11 Å². The normalized spacial score (nSPS) is 12.5. The van der Waals surface area contributed by atoms with E-state index in [9.17, 15) is 0 Å². The van der Waals surface area contributed by atoms with Crippen LogP contribution < -0.4 is 10.5 Å². The zero-order valence-electron chi connectivity index (χ0n) is 8.31. The molecule has 0 unspecified atom stereocenters. The molecule has 78 valence electrons. The molecule has 0 spiro atoms. The second kappa shape index (κ2) is 5.57. The van der Waals surface area contributed by atoms with Gasteiger partial charge in [-0.3, -0.25) is 4.98 Å². The van der Waals surface area contributed by atoms with Crippen molar-refractivity contribution in [2.75, 3.05) is 13.7 Å². The molecular formula is C10H16N2O2. The lowest BCUT2D eigenvalue weighted by molar-refractivity contribution is 0.275. The van der Waals surface area contributed by atoms with Crippen LogP contribution in [0.2, 0.25) is 0 Å². The van der Waals surface area contributed by atoms with Gasteiger partial charge in [0.15, 0.2) is 0 Å². The summed E-state index contributed by atoms with van der Waals surface area (Å²) in [5.41, 5.74) is 6.66. The molecule has 0 aliphatic rings. The maximum Gasteiger partial charge on any atom is 0.122 e. The fourth-order valence-electron chi connectivity index (χ4n) is 1.23. The molecule has 4 heteroatoms. The Morgan fingerprint density at radius 1 is 1.64 bits per heavy atom. The molecule has 1 aromatic rings. The largest absolute Gasteiger partial charge is 0.497 e. The van der Waals surface area contributed by atoms with E-state index >= 15 is 0 Å². The van der Waals surface area contributed by atoms with E-state index in [4.69, 9.17) is 15.6 Å². The molecule has 14 heavy (non-hydrogen) atoms. The van der Waals surface area contributed by atoms with Crippen molar-refractivity contribution in [1.29, 1.82) is 0 Å². The van der Waals surface area contributed by atoms with Crippen LogP contribution in [0.3, 0.4) is 0 Å². The molecule has 3 N–H and O–H groups in total. The number of methoxy groups -OCH3 is 1. The van der Waals surface area contributed by atoms with Crippen LogP contribution in [-0.2, 0) is 6.42 Å². The molecule has 1 rings (SSSR count). The quantitative estimate of drug-likeness (QED) is 0.712. The summed E-state index contributed by atoms with van der Waals surface area (Å²) in [6.45, 7) is 0.116. The maximum absolute atomic E-state index is 8.69. The number of aliphatic hydroxyl groups is 1. The van der Waals surface area contributed by atoms with Crippen LogP contribution in [-0.4, -0.2) is 29.8 Å². The summed E-state index contributed by atoms with van der Waals surface area (Å²) >= 11 is 0. The highest BCUT2D eigenvalue weighted by atomic mass is 16.5. The number of aliphatic hydroxyl groups excluding tert-OH is 1. The zero-order chi connectivity index (χ0) is 10.4. The van der Waals surface area contributed by atoms with Gasteiger partial charge < -0.3 is 15.6 Å². The Bertz CT molecular complexity index is 279. The highest BCUT2D eigenvalue weighted by Gasteiger charge is 2.05. The Morgan fingerprint density at radius 3 is 3.07 bits per heavy atom. The zero-order valence-corrected chi connectivity index (χ0v) is 8.31. The van der Waals surface area contributed by atoms with E-state index < -0.39 is 0 Å². The molecule has 0 saturated carbocycles. The Morgan fingerprint density at radius 2 is 2.43 bits per heavy atom. The summed E-state index contributed by atoms with van der Waals surface area (Å²) in [6.07, 6.45) is 2.95. The Labute approximate surface area is 83.7 Å². The second-order valence-corrected chi connectivity index (χ2v) is 3.16.